The van der Waals surface area contributed by atoms with Crippen LogP contribution in [0.5, 0.6) is 0 Å². The number of anilines is 2. The highest BCUT2D eigenvalue weighted by Crippen LogP contribution is 2.40. The van der Waals surface area contributed by atoms with Gasteiger partial charge in [-0.1, -0.05) is 18.2 Å². The number of fused-ring (bicyclic) bond motifs is 3. The van der Waals surface area contributed by atoms with Crippen LogP contribution in [0.2, 0.25) is 0 Å². The van der Waals surface area contributed by atoms with Gasteiger partial charge in [0.15, 0.2) is 5.58 Å². The van der Waals surface area contributed by atoms with Crippen molar-refractivity contribution in [2.24, 2.45) is 0 Å². The summed E-state index contributed by atoms with van der Waals surface area (Å²) < 4.78 is 33.8. The molecule has 176 valence electrons. The Morgan fingerprint density at radius 2 is 1.91 bits per heavy atom. The summed E-state index contributed by atoms with van der Waals surface area (Å²) in [7, 11) is 0. The molecule has 1 aliphatic rings. The van der Waals surface area contributed by atoms with Gasteiger partial charge >= 0.3 is 5.97 Å². The molecule has 1 aliphatic heterocycles. The molecular formula is C26H25F2N3O3. The summed E-state index contributed by atoms with van der Waals surface area (Å²) in [6.45, 7) is 4.43. The Morgan fingerprint density at radius 1 is 1.18 bits per heavy atom. The van der Waals surface area contributed by atoms with Crippen LogP contribution in [-0.2, 0) is 0 Å². The molecular weight excluding hydrogens is 440 g/mol. The molecule has 0 bridgehead atoms. The van der Waals surface area contributed by atoms with Crippen molar-refractivity contribution >= 4 is 39.4 Å². The van der Waals surface area contributed by atoms with E-state index in [1.54, 1.807) is 30.5 Å². The molecule has 2 aromatic carbocycles. The first-order valence-corrected chi connectivity index (χ1v) is 11.3. The van der Waals surface area contributed by atoms with Crippen molar-refractivity contribution in [3.05, 3.63) is 65.4 Å². The summed E-state index contributed by atoms with van der Waals surface area (Å²) in [4.78, 5) is 18.1. The highest BCUT2D eigenvalue weighted by Gasteiger charge is 2.35. The molecule has 0 aliphatic carbocycles. The van der Waals surface area contributed by atoms with E-state index in [1.165, 1.54) is 0 Å². The number of aryl methyl sites for hydroxylation is 1. The number of para-hydroxylation sites is 1. The largest absolute Gasteiger partial charge is 0.478 e. The van der Waals surface area contributed by atoms with E-state index in [0.717, 1.165) is 22.2 Å². The van der Waals surface area contributed by atoms with Crippen molar-refractivity contribution in [2.75, 3.05) is 23.3 Å². The fourth-order valence-corrected chi connectivity index (χ4v) is 4.68. The van der Waals surface area contributed by atoms with Gasteiger partial charge in [0.25, 0.3) is 5.92 Å². The quantitative estimate of drug-likeness (QED) is 0.355. The maximum atomic E-state index is 13.7. The molecule has 2 N–H and O–H groups in total. The van der Waals surface area contributed by atoms with Gasteiger partial charge in [-0.15, -0.1) is 0 Å². The van der Waals surface area contributed by atoms with E-state index < -0.39 is 11.9 Å². The normalized spacial score (nSPS) is 16.6. The number of hydrogen-bond donors (Lipinski definition) is 2. The standard InChI is InChI=1S/C26H25F2N3O3/c1-15-13-18(16(2)30-20-6-4-3-5-17(20)25(32)33)23-19(14-15)22-24(34-23)21(7-10-29-22)31-11-8-26(27,28)9-12-31/h3-7,10,13-14,16,30H,8-9,11-12H2,1-2H3,(H,32,33)/t16-/m1/s1. The first kappa shape index (κ1) is 22.1. The van der Waals surface area contributed by atoms with E-state index in [4.69, 9.17) is 4.42 Å². The summed E-state index contributed by atoms with van der Waals surface area (Å²) in [5.74, 6) is -3.64. The smallest absolute Gasteiger partial charge is 0.337 e. The Bertz CT molecular complexity index is 1390. The molecule has 6 nitrogen and oxygen atoms in total. The third kappa shape index (κ3) is 3.93. The fraction of sp³-hybridized carbons (Fsp3) is 0.308. The van der Waals surface area contributed by atoms with E-state index in [-0.39, 0.29) is 37.5 Å². The van der Waals surface area contributed by atoms with Gasteiger partial charge in [0.05, 0.1) is 17.3 Å². The Labute approximate surface area is 195 Å². The number of alkyl halides is 2. The second-order valence-electron chi connectivity index (χ2n) is 8.90. The lowest BCUT2D eigenvalue weighted by Crippen LogP contribution is -2.39. The highest BCUT2D eigenvalue weighted by molar-refractivity contribution is 6.07. The van der Waals surface area contributed by atoms with E-state index in [0.29, 0.717) is 22.4 Å². The summed E-state index contributed by atoms with van der Waals surface area (Å²) in [6, 6.07) is 12.3. The van der Waals surface area contributed by atoms with Crippen molar-refractivity contribution < 1.29 is 23.1 Å². The third-order valence-corrected chi connectivity index (χ3v) is 6.44. The monoisotopic (exact) mass is 465 g/mol. The van der Waals surface area contributed by atoms with Gasteiger partial charge in [0.2, 0.25) is 0 Å². The van der Waals surface area contributed by atoms with E-state index >= 15 is 0 Å². The summed E-state index contributed by atoms with van der Waals surface area (Å²) in [5.41, 5.74) is 5.25. The molecule has 0 spiro atoms. The zero-order valence-corrected chi connectivity index (χ0v) is 18.9. The SMILES string of the molecule is Cc1cc([C@@H](C)Nc2ccccc2C(=O)O)c2oc3c(N4CCC(F)(F)CC4)ccnc3c2c1. The first-order valence-electron chi connectivity index (χ1n) is 11.3. The molecule has 8 heteroatoms. The number of pyridine rings is 1. The molecule has 0 amide bonds. The summed E-state index contributed by atoms with van der Waals surface area (Å²) in [5, 5.41) is 13.7. The van der Waals surface area contributed by atoms with Crippen LogP contribution in [0, 0.1) is 6.92 Å². The van der Waals surface area contributed by atoms with Gasteiger partial charge in [-0.25, -0.2) is 13.6 Å². The van der Waals surface area contributed by atoms with Crippen molar-refractivity contribution in [3.63, 3.8) is 0 Å². The molecule has 3 heterocycles. The molecule has 1 atom stereocenters. The zero-order valence-electron chi connectivity index (χ0n) is 18.9. The highest BCUT2D eigenvalue weighted by atomic mass is 19.3. The molecule has 0 radical (unpaired) electrons. The van der Waals surface area contributed by atoms with Gasteiger partial charge in [0, 0.05) is 48.8 Å². The number of halogens is 2. The lowest BCUT2D eigenvalue weighted by atomic mass is 10.0. The van der Waals surface area contributed by atoms with Crippen LogP contribution in [0.25, 0.3) is 22.1 Å². The van der Waals surface area contributed by atoms with Gasteiger partial charge in [0.1, 0.15) is 11.1 Å². The third-order valence-electron chi connectivity index (χ3n) is 6.44. The van der Waals surface area contributed by atoms with Crippen molar-refractivity contribution in [1.82, 2.24) is 4.98 Å². The number of benzene rings is 2. The summed E-state index contributed by atoms with van der Waals surface area (Å²) >= 11 is 0. The van der Waals surface area contributed by atoms with E-state index in [1.807, 2.05) is 36.9 Å². The number of carbonyl (C=O) groups is 1. The topological polar surface area (TPSA) is 78.6 Å². The number of carboxylic acid groups (broad SMARTS) is 1. The molecule has 34 heavy (non-hydrogen) atoms. The molecule has 4 aromatic rings. The van der Waals surface area contributed by atoms with Crippen LogP contribution in [0.15, 0.2) is 53.1 Å². The number of nitrogens with zero attached hydrogens (tertiary/aromatic N) is 2. The van der Waals surface area contributed by atoms with Gasteiger partial charge < -0.3 is 19.7 Å². The summed E-state index contributed by atoms with van der Waals surface area (Å²) in [6.07, 6.45) is 1.31. The molecule has 1 saturated heterocycles. The zero-order chi connectivity index (χ0) is 24.0. The van der Waals surface area contributed by atoms with Crippen LogP contribution in [-0.4, -0.2) is 35.1 Å². The van der Waals surface area contributed by atoms with Crippen LogP contribution in [0.4, 0.5) is 20.2 Å². The minimum Gasteiger partial charge on any atom is -0.478 e. The number of hydrogen-bond acceptors (Lipinski definition) is 5. The molecule has 5 rings (SSSR count). The van der Waals surface area contributed by atoms with Gasteiger partial charge in [-0.3, -0.25) is 4.98 Å². The number of piperidine rings is 1. The molecule has 0 saturated carbocycles. The molecule has 1 fully saturated rings. The maximum absolute atomic E-state index is 13.7. The molecule has 2 aromatic heterocycles. The average Bonchev–Trinajstić information content (AvgIpc) is 3.17. The number of furan rings is 1. The fourth-order valence-electron chi connectivity index (χ4n) is 4.68. The predicted molar refractivity (Wildman–Crippen MR) is 128 cm³/mol. The molecule has 0 unspecified atom stereocenters. The lowest BCUT2D eigenvalue weighted by molar-refractivity contribution is -0.0220. The van der Waals surface area contributed by atoms with Gasteiger partial charge in [-0.2, -0.15) is 0 Å². The number of nitrogens with one attached hydrogen (secondary N) is 1. The second kappa shape index (κ2) is 8.27. The number of rotatable bonds is 5. The van der Waals surface area contributed by atoms with E-state index in [9.17, 15) is 18.7 Å². The Hall–Kier alpha value is -3.68. The van der Waals surface area contributed by atoms with Gasteiger partial charge in [-0.05, 0) is 43.7 Å². The lowest BCUT2D eigenvalue weighted by Gasteiger charge is -2.33. The van der Waals surface area contributed by atoms with Crippen molar-refractivity contribution in [2.45, 2.75) is 38.7 Å². The minimum atomic E-state index is -2.63. The average molecular weight is 466 g/mol. The maximum Gasteiger partial charge on any atom is 0.337 e. The van der Waals surface area contributed by atoms with Crippen molar-refractivity contribution in [3.8, 4) is 0 Å². The second-order valence-corrected chi connectivity index (χ2v) is 8.90. The number of aromatic nitrogens is 1. The Balaban J connectivity index is 1.58. The van der Waals surface area contributed by atoms with Crippen LogP contribution >= 0.6 is 0 Å². The van der Waals surface area contributed by atoms with Crippen LogP contribution in [0.1, 0.15) is 47.3 Å². The minimum absolute atomic E-state index is 0.189. The Morgan fingerprint density at radius 3 is 2.65 bits per heavy atom. The van der Waals surface area contributed by atoms with Crippen LogP contribution in [0.3, 0.4) is 0 Å². The predicted octanol–water partition coefficient (Wildman–Crippen LogP) is 6.40. The van der Waals surface area contributed by atoms with Crippen molar-refractivity contribution in [1.29, 1.82) is 0 Å². The van der Waals surface area contributed by atoms with Crippen LogP contribution < -0.4 is 10.2 Å². The number of carboxylic acids is 1. The first-order chi connectivity index (χ1) is 16.2. The Kier molecular flexibility index (Phi) is 5.38. The van der Waals surface area contributed by atoms with E-state index in [2.05, 4.69) is 10.3 Å². The number of aromatic carboxylic acids is 1.